The van der Waals surface area contributed by atoms with Gasteiger partial charge in [0.2, 0.25) is 0 Å². The van der Waals surface area contributed by atoms with E-state index < -0.39 is 0 Å². The Labute approximate surface area is 122 Å². The van der Waals surface area contributed by atoms with Crippen molar-refractivity contribution in [3.63, 3.8) is 0 Å². The summed E-state index contributed by atoms with van der Waals surface area (Å²) >= 11 is 0. The van der Waals surface area contributed by atoms with E-state index in [0.29, 0.717) is 12.4 Å². The quantitative estimate of drug-likeness (QED) is 0.497. The van der Waals surface area contributed by atoms with Crippen LogP contribution in [0.2, 0.25) is 0 Å². The van der Waals surface area contributed by atoms with E-state index in [2.05, 4.69) is 6.92 Å². The van der Waals surface area contributed by atoms with Gasteiger partial charge in [-0.05, 0) is 25.5 Å². The van der Waals surface area contributed by atoms with E-state index in [4.69, 9.17) is 4.74 Å². The minimum Gasteiger partial charge on any atom is -0.507 e. The third-order valence-corrected chi connectivity index (χ3v) is 3.36. The van der Waals surface area contributed by atoms with Crippen LogP contribution in [0.15, 0.2) is 18.2 Å². The van der Waals surface area contributed by atoms with Crippen molar-refractivity contribution < 1.29 is 14.6 Å². The molecule has 20 heavy (non-hydrogen) atoms. The number of unbranched alkanes of at least 4 members (excludes halogenated alkanes) is 6. The summed E-state index contributed by atoms with van der Waals surface area (Å²) in [5.74, 6) is 0.315. The molecule has 0 saturated heterocycles. The molecule has 1 aromatic rings. The average molecular weight is 278 g/mol. The SMILES string of the molecule is CCCCCCCCCOc1cccc(O)c1C(C)=O. The third-order valence-electron chi connectivity index (χ3n) is 3.36. The lowest BCUT2D eigenvalue weighted by molar-refractivity contribution is 0.101. The van der Waals surface area contributed by atoms with Gasteiger partial charge < -0.3 is 9.84 Å². The smallest absolute Gasteiger partial charge is 0.167 e. The van der Waals surface area contributed by atoms with Gasteiger partial charge in [-0.3, -0.25) is 4.79 Å². The molecule has 112 valence electrons. The molecule has 0 saturated carbocycles. The molecular weight excluding hydrogens is 252 g/mol. The molecule has 0 spiro atoms. The number of aromatic hydroxyl groups is 1. The average Bonchev–Trinajstić information content (AvgIpc) is 2.41. The number of phenols is 1. The summed E-state index contributed by atoms with van der Waals surface area (Å²) in [6.07, 6.45) is 8.58. The van der Waals surface area contributed by atoms with Crippen LogP contribution in [-0.4, -0.2) is 17.5 Å². The number of ketones is 1. The van der Waals surface area contributed by atoms with E-state index >= 15 is 0 Å². The number of Topliss-reactive ketones (excluding diaryl/α,β-unsaturated/α-hetero) is 1. The molecule has 0 heterocycles. The maximum atomic E-state index is 11.5. The largest absolute Gasteiger partial charge is 0.507 e. The molecule has 0 bridgehead atoms. The zero-order valence-electron chi connectivity index (χ0n) is 12.7. The van der Waals surface area contributed by atoms with Crippen molar-refractivity contribution in [1.82, 2.24) is 0 Å². The number of carbonyl (C=O) groups excluding carboxylic acids is 1. The first-order chi connectivity index (χ1) is 9.66. The highest BCUT2D eigenvalue weighted by Gasteiger charge is 2.13. The van der Waals surface area contributed by atoms with Gasteiger partial charge in [0.25, 0.3) is 0 Å². The molecule has 1 aromatic carbocycles. The molecule has 0 aliphatic carbocycles. The molecular formula is C17H26O3. The Morgan fingerprint density at radius 3 is 2.40 bits per heavy atom. The number of hydrogen-bond donors (Lipinski definition) is 1. The predicted octanol–water partition coefficient (Wildman–Crippen LogP) is 4.72. The first kappa shape index (κ1) is 16.5. The number of phenolic OH excluding ortho intramolecular Hbond substituents is 1. The Hall–Kier alpha value is -1.51. The van der Waals surface area contributed by atoms with Crippen molar-refractivity contribution in [2.75, 3.05) is 6.61 Å². The Balaban J connectivity index is 2.29. The van der Waals surface area contributed by atoms with Crippen LogP contribution in [0, 0.1) is 0 Å². The third kappa shape index (κ3) is 5.64. The molecule has 0 radical (unpaired) electrons. The lowest BCUT2D eigenvalue weighted by Crippen LogP contribution is -2.03. The molecule has 0 amide bonds. The van der Waals surface area contributed by atoms with E-state index in [0.717, 1.165) is 12.8 Å². The van der Waals surface area contributed by atoms with Crippen molar-refractivity contribution in [1.29, 1.82) is 0 Å². The molecule has 3 nitrogen and oxygen atoms in total. The molecule has 0 aliphatic rings. The fourth-order valence-electron chi connectivity index (χ4n) is 2.23. The molecule has 3 heteroatoms. The van der Waals surface area contributed by atoms with Crippen LogP contribution in [0.3, 0.4) is 0 Å². The normalized spacial score (nSPS) is 10.5. The molecule has 0 fully saturated rings. The topological polar surface area (TPSA) is 46.5 Å². The summed E-state index contributed by atoms with van der Waals surface area (Å²) in [7, 11) is 0. The zero-order chi connectivity index (χ0) is 14.8. The van der Waals surface area contributed by atoms with E-state index in [9.17, 15) is 9.90 Å². The maximum Gasteiger partial charge on any atom is 0.167 e. The minimum atomic E-state index is -0.169. The summed E-state index contributed by atoms with van der Waals surface area (Å²) in [6.45, 7) is 4.25. The molecule has 0 atom stereocenters. The monoisotopic (exact) mass is 278 g/mol. The Morgan fingerprint density at radius 1 is 1.10 bits per heavy atom. The second-order valence-corrected chi connectivity index (χ2v) is 5.18. The van der Waals surface area contributed by atoms with Gasteiger partial charge >= 0.3 is 0 Å². The Bertz CT molecular complexity index is 413. The van der Waals surface area contributed by atoms with Gasteiger partial charge in [0.15, 0.2) is 5.78 Å². The van der Waals surface area contributed by atoms with E-state index in [1.165, 1.54) is 45.1 Å². The van der Waals surface area contributed by atoms with Crippen LogP contribution >= 0.6 is 0 Å². The summed E-state index contributed by atoms with van der Waals surface area (Å²) in [5, 5.41) is 9.68. The van der Waals surface area contributed by atoms with E-state index in [-0.39, 0.29) is 17.1 Å². The molecule has 0 aromatic heterocycles. The van der Waals surface area contributed by atoms with Gasteiger partial charge in [-0.2, -0.15) is 0 Å². The standard InChI is InChI=1S/C17H26O3/c1-3-4-5-6-7-8-9-13-20-16-12-10-11-15(19)17(16)14(2)18/h10-12,19H,3-9,13H2,1-2H3. The van der Waals surface area contributed by atoms with Crippen molar-refractivity contribution in [3.8, 4) is 11.5 Å². The van der Waals surface area contributed by atoms with Crippen LogP contribution in [0.25, 0.3) is 0 Å². The van der Waals surface area contributed by atoms with Crippen molar-refractivity contribution >= 4 is 5.78 Å². The highest BCUT2D eigenvalue weighted by atomic mass is 16.5. The number of hydrogen-bond acceptors (Lipinski definition) is 3. The Kier molecular flexibility index (Phi) is 7.78. The fourth-order valence-corrected chi connectivity index (χ4v) is 2.23. The summed E-state index contributed by atoms with van der Waals surface area (Å²) in [5.41, 5.74) is 0.287. The molecule has 0 aliphatic heterocycles. The molecule has 1 N–H and O–H groups in total. The number of benzene rings is 1. The van der Waals surface area contributed by atoms with Gasteiger partial charge in [0.05, 0.1) is 6.61 Å². The van der Waals surface area contributed by atoms with Crippen molar-refractivity contribution in [3.05, 3.63) is 23.8 Å². The predicted molar refractivity (Wildman–Crippen MR) is 81.6 cm³/mol. The second-order valence-electron chi connectivity index (χ2n) is 5.18. The lowest BCUT2D eigenvalue weighted by atomic mass is 10.1. The summed E-state index contributed by atoms with van der Waals surface area (Å²) < 4.78 is 5.63. The lowest BCUT2D eigenvalue weighted by Gasteiger charge is -2.10. The van der Waals surface area contributed by atoms with Crippen LogP contribution in [0.1, 0.15) is 69.2 Å². The summed E-state index contributed by atoms with van der Waals surface area (Å²) in [6, 6.07) is 4.94. The van der Waals surface area contributed by atoms with Gasteiger partial charge in [0, 0.05) is 0 Å². The van der Waals surface area contributed by atoms with Crippen molar-refractivity contribution in [2.45, 2.75) is 58.8 Å². The van der Waals surface area contributed by atoms with Crippen LogP contribution in [-0.2, 0) is 0 Å². The van der Waals surface area contributed by atoms with Crippen LogP contribution in [0.5, 0.6) is 11.5 Å². The van der Waals surface area contributed by atoms with Gasteiger partial charge in [-0.1, -0.05) is 51.5 Å². The highest BCUT2D eigenvalue weighted by Crippen LogP contribution is 2.28. The first-order valence-electron chi connectivity index (χ1n) is 7.62. The van der Waals surface area contributed by atoms with E-state index in [1.54, 1.807) is 12.1 Å². The highest BCUT2D eigenvalue weighted by molar-refractivity contribution is 5.99. The van der Waals surface area contributed by atoms with Crippen LogP contribution in [0.4, 0.5) is 0 Å². The fraction of sp³-hybridized carbons (Fsp3) is 0.588. The van der Waals surface area contributed by atoms with Gasteiger partial charge in [0.1, 0.15) is 17.1 Å². The second kappa shape index (κ2) is 9.40. The molecule has 1 rings (SSSR count). The van der Waals surface area contributed by atoms with Gasteiger partial charge in [-0.15, -0.1) is 0 Å². The number of carbonyl (C=O) groups is 1. The van der Waals surface area contributed by atoms with E-state index in [1.807, 2.05) is 0 Å². The number of rotatable bonds is 10. The van der Waals surface area contributed by atoms with Crippen molar-refractivity contribution in [2.24, 2.45) is 0 Å². The molecule has 0 unspecified atom stereocenters. The van der Waals surface area contributed by atoms with Crippen LogP contribution < -0.4 is 4.74 Å². The Morgan fingerprint density at radius 2 is 1.75 bits per heavy atom. The minimum absolute atomic E-state index is 0.00503. The zero-order valence-corrected chi connectivity index (χ0v) is 12.7. The number of ether oxygens (including phenoxy) is 1. The van der Waals surface area contributed by atoms with Gasteiger partial charge in [-0.25, -0.2) is 0 Å². The maximum absolute atomic E-state index is 11.5. The summed E-state index contributed by atoms with van der Waals surface area (Å²) in [4.78, 5) is 11.5. The first-order valence-corrected chi connectivity index (χ1v) is 7.62.